The number of nitrogens with zero attached hydrogens (tertiary/aromatic N) is 3. The lowest BCUT2D eigenvalue weighted by atomic mass is 9.83. The Hall–Kier alpha value is -3.75. The Balaban J connectivity index is 1.38. The van der Waals surface area contributed by atoms with Crippen LogP contribution < -0.4 is 19.8 Å². The molecule has 8 heteroatoms. The van der Waals surface area contributed by atoms with Crippen molar-refractivity contribution in [2.45, 2.75) is 18.9 Å². The maximum Gasteiger partial charge on any atom is 0.271 e. The Bertz CT molecular complexity index is 1710. The maximum atomic E-state index is 13.8. The lowest BCUT2D eigenvalue weighted by Gasteiger charge is -2.30. The molecule has 0 spiro atoms. The van der Waals surface area contributed by atoms with Crippen molar-refractivity contribution >= 4 is 29.0 Å². The molecule has 1 unspecified atom stereocenters. The van der Waals surface area contributed by atoms with E-state index >= 15 is 0 Å². The Kier molecular flexibility index (Phi) is 5.44. The van der Waals surface area contributed by atoms with E-state index in [0.717, 1.165) is 54.2 Å². The zero-order valence-corrected chi connectivity index (χ0v) is 20.8. The van der Waals surface area contributed by atoms with Crippen molar-refractivity contribution in [3.8, 4) is 0 Å². The highest BCUT2D eigenvalue weighted by Crippen LogP contribution is 2.41. The summed E-state index contributed by atoms with van der Waals surface area (Å²) in [6.07, 6.45) is 3.47. The van der Waals surface area contributed by atoms with Gasteiger partial charge < -0.3 is 14.1 Å². The van der Waals surface area contributed by atoms with Crippen LogP contribution in [0.3, 0.4) is 0 Å². The lowest BCUT2D eigenvalue weighted by molar-refractivity contribution is 0.120. The van der Waals surface area contributed by atoms with Crippen LogP contribution >= 0.6 is 11.3 Å². The number of hydrogen-bond acceptors (Lipinski definition) is 6. The Morgan fingerprint density at radius 3 is 2.65 bits per heavy atom. The molecule has 1 atom stereocenters. The summed E-state index contributed by atoms with van der Waals surface area (Å²) in [4.78, 5) is 21.6. The smallest absolute Gasteiger partial charge is 0.271 e. The molecule has 1 aliphatic carbocycles. The minimum Gasteiger partial charge on any atom is -0.441 e. The van der Waals surface area contributed by atoms with E-state index in [2.05, 4.69) is 17.0 Å². The molecule has 37 heavy (non-hydrogen) atoms. The molecule has 3 aliphatic rings. The number of anilines is 1. The fourth-order valence-corrected chi connectivity index (χ4v) is 6.45. The molecule has 7 rings (SSSR count). The second-order valence-electron chi connectivity index (χ2n) is 9.44. The van der Waals surface area contributed by atoms with Crippen LogP contribution in [0.1, 0.15) is 34.9 Å². The van der Waals surface area contributed by atoms with E-state index in [1.165, 1.54) is 29.0 Å². The Labute approximate surface area is 216 Å². The SMILES string of the molecule is O=c1/c(=C\c2ccc(N3CCOCC3)o2)sc2n1C(c1ccc(F)cc1)C1=C(N=2)c2ccccc2CC1. The zero-order chi connectivity index (χ0) is 24.9. The van der Waals surface area contributed by atoms with E-state index < -0.39 is 0 Å². The van der Waals surface area contributed by atoms with Crippen molar-refractivity contribution in [1.82, 2.24) is 4.57 Å². The number of thiazole rings is 1. The second-order valence-corrected chi connectivity index (χ2v) is 10.4. The number of aromatic nitrogens is 1. The highest BCUT2D eigenvalue weighted by atomic mass is 32.1. The molecule has 0 N–H and O–H groups in total. The van der Waals surface area contributed by atoms with Crippen molar-refractivity contribution in [3.05, 3.63) is 114 Å². The largest absolute Gasteiger partial charge is 0.441 e. The van der Waals surface area contributed by atoms with Crippen LogP contribution in [0.25, 0.3) is 11.8 Å². The molecule has 0 amide bonds. The van der Waals surface area contributed by atoms with Crippen molar-refractivity contribution in [2.75, 3.05) is 31.2 Å². The van der Waals surface area contributed by atoms with E-state index in [0.29, 0.717) is 28.3 Å². The zero-order valence-electron chi connectivity index (χ0n) is 20.0. The quantitative estimate of drug-likeness (QED) is 0.417. The maximum absolute atomic E-state index is 13.8. The number of benzene rings is 2. The van der Waals surface area contributed by atoms with Gasteiger partial charge in [0.05, 0.1) is 29.5 Å². The van der Waals surface area contributed by atoms with Crippen LogP contribution in [0, 0.1) is 5.82 Å². The highest BCUT2D eigenvalue weighted by molar-refractivity contribution is 7.07. The third-order valence-corrected chi connectivity index (χ3v) is 8.25. The summed E-state index contributed by atoms with van der Waals surface area (Å²) >= 11 is 1.36. The first-order valence-corrected chi connectivity index (χ1v) is 13.3. The Morgan fingerprint density at radius 2 is 1.81 bits per heavy atom. The van der Waals surface area contributed by atoms with Crippen LogP contribution in [0.5, 0.6) is 0 Å². The van der Waals surface area contributed by atoms with E-state index in [1.54, 1.807) is 22.8 Å². The molecule has 0 saturated carbocycles. The topological polar surface area (TPSA) is 60.0 Å². The molecule has 0 radical (unpaired) electrons. The van der Waals surface area contributed by atoms with Crippen LogP contribution in [0.15, 0.2) is 80.4 Å². The van der Waals surface area contributed by atoms with Crippen molar-refractivity contribution in [2.24, 2.45) is 4.99 Å². The summed E-state index contributed by atoms with van der Waals surface area (Å²) in [6.45, 7) is 2.90. The van der Waals surface area contributed by atoms with Gasteiger partial charge in [0.15, 0.2) is 10.7 Å². The monoisotopic (exact) mass is 513 g/mol. The van der Waals surface area contributed by atoms with Gasteiger partial charge in [0.2, 0.25) is 0 Å². The van der Waals surface area contributed by atoms with Gasteiger partial charge in [0.1, 0.15) is 11.6 Å². The summed E-state index contributed by atoms with van der Waals surface area (Å²) < 4.78 is 27.6. The normalized spacial score (nSPS) is 19.3. The standard InChI is InChI=1S/C29H24FN3O3S/c30-20-8-5-19(6-9-20)27-23-11-7-18-3-1-2-4-22(18)26(23)31-29-33(27)28(34)24(37-29)17-21-10-12-25(36-21)32-13-15-35-16-14-32/h1-6,8-10,12,17,27H,7,11,13-16H2/b24-17+. The third-order valence-electron chi connectivity index (χ3n) is 7.27. The number of rotatable bonds is 3. The number of halogens is 1. The Morgan fingerprint density at radius 1 is 1.00 bits per heavy atom. The van der Waals surface area contributed by atoms with Crippen LogP contribution in [-0.4, -0.2) is 30.9 Å². The van der Waals surface area contributed by atoms with E-state index in [9.17, 15) is 9.18 Å². The van der Waals surface area contributed by atoms with Gasteiger partial charge in [-0.2, -0.15) is 0 Å². The molecule has 2 aromatic carbocycles. The average Bonchev–Trinajstić information content (AvgIpc) is 3.53. The third kappa shape index (κ3) is 3.88. The molecule has 6 nitrogen and oxygen atoms in total. The molecule has 4 aromatic rings. The number of morpholine rings is 1. The number of aryl methyl sites for hydroxylation is 1. The number of furan rings is 1. The predicted octanol–water partition coefficient (Wildman–Crippen LogP) is 3.89. The molecule has 186 valence electrons. The number of hydrogen-bond donors (Lipinski definition) is 0. The molecular formula is C29H24FN3O3S. The summed E-state index contributed by atoms with van der Waals surface area (Å²) in [5, 5.41) is 0. The summed E-state index contributed by atoms with van der Waals surface area (Å²) in [7, 11) is 0. The van der Waals surface area contributed by atoms with E-state index in [-0.39, 0.29) is 17.4 Å². The highest BCUT2D eigenvalue weighted by Gasteiger charge is 2.32. The van der Waals surface area contributed by atoms with Crippen LogP contribution in [0.4, 0.5) is 10.3 Å². The predicted molar refractivity (Wildman–Crippen MR) is 141 cm³/mol. The van der Waals surface area contributed by atoms with Gasteiger partial charge in [-0.05, 0) is 47.7 Å². The number of fused-ring (bicyclic) bond motifs is 3. The summed E-state index contributed by atoms with van der Waals surface area (Å²) in [5.41, 5.74) is 5.15. The van der Waals surface area contributed by atoms with Gasteiger partial charge in [0.25, 0.3) is 5.56 Å². The lowest BCUT2D eigenvalue weighted by Crippen LogP contribution is -2.38. The van der Waals surface area contributed by atoms with Crippen molar-refractivity contribution in [3.63, 3.8) is 0 Å². The van der Waals surface area contributed by atoms with Crippen molar-refractivity contribution < 1.29 is 13.5 Å². The van der Waals surface area contributed by atoms with Gasteiger partial charge in [0, 0.05) is 30.8 Å². The van der Waals surface area contributed by atoms with Gasteiger partial charge in [-0.1, -0.05) is 47.7 Å². The van der Waals surface area contributed by atoms with Crippen LogP contribution in [-0.2, 0) is 11.2 Å². The molecule has 1 saturated heterocycles. The first-order chi connectivity index (χ1) is 18.2. The molecule has 2 aliphatic heterocycles. The van der Waals surface area contributed by atoms with E-state index in [1.807, 2.05) is 24.3 Å². The number of ether oxygens (including phenoxy) is 1. The minimum absolute atomic E-state index is 0.118. The van der Waals surface area contributed by atoms with Crippen LogP contribution in [0.2, 0.25) is 0 Å². The fourth-order valence-electron chi connectivity index (χ4n) is 5.47. The number of allylic oxidation sites excluding steroid dienone is 1. The molecule has 2 aromatic heterocycles. The first-order valence-electron chi connectivity index (χ1n) is 12.5. The van der Waals surface area contributed by atoms with Gasteiger partial charge in [-0.3, -0.25) is 9.36 Å². The summed E-state index contributed by atoms with van der Waals surface area (Å²) in [6, 6.07) is 18.3. The molecule has 4 heterocycles. The fraction of sp³-hybridized carbons (Fsp3) is 0.241. The second kappa shape index (κ2) is 8.97. The van der Waals surface area contributed by atoms with Crippen molar-refractivity contribution in [1.29, 1.82) is 0 Å². The summed E-state index contributed by atoms with van der Waals surface area (Å²) in [5.74, 6) is 1.10. The first kappa shape index (κ1) is 22.4. The van der Waals surface area contributed by atoms with E-state index in [4.69, 9.17) is 14.1 Å². The minimum atomic E-state index is -0.331. The molecule has 1 fully saturated rings. The van der Waals surface area contributed by atoms with Gasteiger partial charge >= 0.3 is 0 Å². The molecular weight excluding hydrogens is 489 g/mol. The molecule has 0 bridgehead atoms. The van der Waals surface area contributed by atoms with Gasteiger partial charge in [-0.25, -0.2) is 9.38 Å². The average molecular weight is 514 g/mol. The van der Waals surface area contributed by atoms with Gasteiger partial charge in [-0.15, -0.1) is 0 Å².